The van der Waals surface area contributed by atoms with E-state index in [-0.39, 0.29) is 24.0 Å². The summed E-state index contributed by atoms with van der Waals surface area (Å²) in [6, 6.07) is 7.39. The molecule has 0 aliphatic rings. The van der Waals surface area contributed by atoms with E-state index in [0.717, 1.165) is 50.5 Å². The van der Waals surface area contributed by atoms with Gasteiger partial charge < -0.3 is 30.1 Å². The third kappa shape index (κ3) is 11.4. The molecule has 0 bridgehead atoms. The van der Waals surface area contributed by atoms with E-state index in [1.54, 1.807) is 14.2 Å². The quantitative estimate of drug-likeness (QED) is 0.178. The molecule has 0 saturated carbocycles. The molecular formula is C19H35IN4O3. The van der Waals surface area contributed by atoms with Crippen molar-refractivity contribution in [3.8, 4) is 5.75 Å². The summed E-state index contributed by atoms with van der Waals surface area (Å²) in [6.45, 7) is 6.57. The second kappa shape index (κ2) is 15.9. The second-order valence-electron chi connectivity index (χ2n) is 6.08. The summed E-state index contributed by atoms with van der Waals surface area (Å²) in [5.74, 6) is 1.49. The van der Waals surface area contributed by atoms with Crippen LogP contribution < -0.4 is 15.4 Å². The average molecular weight is 494 g/mol. The minimum atomic E-state index is -0.645. The van der Waals surface area contributed by atoms with E-state index in [4.69, 9.17) is 9.47 Å². The third-order valence-corrected chi connectivity index (χ3v) is 3.94. The molecule has 27 heavy (non-hydrogen) atoms. The van der Waals surface area contributed by atoms with Crippen molar-refractivity contribution in [1.29, 1.82) is 0 Å². The summed E-state index contributed by atoms with van der Waals surface area (Å²) in [5.41, 5.74) is 0.822. The lowest BCUT2D eigenvalue weighted by Gasteiger charge is -2.18. The fraction of sp³-hybridized carbons (Fsp3) is 0.632. The number of nitrogens with zero attached hydrogens (tertiary/aromatic N) is 2. The lowest BCUT2D eigenvalue weighted by atomic mass is 10.1. The molecule has 0 fully saturated rings. The number of guanidine groups is 1. The zero-order chi connectivity index (χ0) is 19.2. The molecule has 0 amide bonds. The van der Waals surface area contributed by atoms with Crippen LogP contribution in [0.3, 0.4) is 0 Å². The molecule has 0 spiro atoms. The Morgan fingerprint density at radius 3 is 2.48 bits per heavy atom. The number of likely N-dealkylation sites (N-methyl/N-ethyl adjacent to an activating group) is 1. The minimum Gasteiger partial charge on any atom is -0.497 e. The van der Waals surface area contributed by atoms with Crippen molar-refractivity contribution in [3.05, 3.63) is 29.8 Å². The first-order chi connectivity index (χ1) is 12.6. The first-order valence-corrected chi connectivity index (χ1v) is 9.12. The first kappa shape index (κ1) is 25.9. The second-order valence-corrected chi connectivity index (χ2v) is 6.08. The number of halogens is 1. The molecule has 1 unspecified atom stereocenters. The number of nitrogens with one attached hydrogen (secondary N) is 2. The topological polar surface area (TPSA) is 78.4 Å². The maximum atomic E-state index is 10.3. The molecule has 156 valence electrons. The van der Waals surface area contributed by atoms with Gasteiger partial charge in [-0.1, -0.05) is 12.1 Å². The van der Waals surface area contributed by atoms with Crippen LogP contribution in [0.5, 0.6) is 5.75 Å². The Kier molecular flexibility index (Phi) is 15.3. The van der Waals surface area contributed by atoms with Gasteiger partial charge in [0, 0.05) is 39.9 Å². The van der Waals surface area contributed by atoms with Crippen LogP contribution in [0.25, 0.3) is 0 Å². The summed E-state index contributed by atoms with van der Waals surface area (Å²) in [7, 11) is 5.44. The number of aliphatic hydroxyl groups is 1. The Bertz CT molecular complexity index is 514. The Morgan fingerprint density at radius 1 is 1.19 bits per heavy atom. The van der Waals surface area contributed by atoms with Crippen LogP contribution in [0.1, 0.15) is 25.0 Å². The molecule has 0 heterocycles. The minimum absolute atomic E-state index is 0. The number of rotatable bonds is 12. The zero-order valence-corrected chi connectivity index (χ0v) is 19.2. The van der Waals surface area contributed by atoms with Gasteiger partial charge in [0.1, 0.15) is 5.75 Å². The summed E-state index contributed by atoms with van der Waals surface area (Å²) >= 11 is 0. The summed E-state index contributed by atoms with van der Waals surface area (Å²) < 4.78 is 10.2. The number of benzene rings is 1. The molecule has 1 aromatic carbocycles. The molecule has 0 saturated heterocycles. The van der Waals surface area contributed by atoms with Crippen molar-refractivity contribution in [3.63, 3.8) is 0 Å². The van der Waals surface area contributed by atoms with E-state index in [9.17, 15) is 5.11 Å². The van der Waals surface area contributed by atoms with Crippen LogP contribution in [0.2, 0.25) is 0 Å². The normalized spacial score (nSPS) is 12.4. The summed E-state index contributed by atoms with van der Waals surface area (Å²) in [4.78, 5) is 6.73. The van der Waals surface area contributed by atoms with Gasteiger partial charge in [-0.3, -0.25) is 4.99 Å². The highest BCUT2D eigenvalue weighted by Gasteiger charge is 2.08. The molecular weight excluding hydrogens is 459 g/mol. The Labute approximate surface area is 180 Å². The van der Waals surface area contributed by atoms with Crippen molar-refractivity contribution >= 4 is 29.9 Å². The molecule has 0 aromatic heterocycles. The number of ether oxygens (including phenoxy) is 2. The van der Waals surface area contributed by atoms with E-state index >= 15 is 0 Å². The molecule has 8 heteroatoms. The van der Waals surface area contributed by atoms with Gasteiger partial charge in [0.25, 0.3) is 0 Å². The highest BCUT2D eigenvalue weighted by atomic mass is 127. The predicted molar refractivity (Wildman–Crippen MR) is 121 cm³/mol. The highest BCUT2D eigenvalue weighted by molar-refractivity contribution is 14.0. The molecule has 1 aromatic rings. The van der Waals surface area contributed by atoms with Crippen molar-refractivity contribution in [1.82, 2.24) is 15.5 Å². The van der Waals surface area contributed by atoms with Crippen LogP contribution in [-0.2, 0) is 4.74 Å². The third-order valence-electron chi connectivity index (χ3n) is 3.94. The monoisotopic (exact) mass is 494 g/mol. The standard InChI is InChI=1S/C19H34N4O3.HI/c1-5-20-19(21-11-13-23(2)12-6-14-25-3)22-15-18(24)16-7-9-17(26-4)10-8-16;/h7-10,18,24H,5-6,11-15H2,1-4H3,(H2,20,21,22);1H. The SMILES string of the molecule is CCNC(=NCC(O)c1ccc(OC)cc1)NCCN(C)CCCOC.I. The van der Waals surface area contributed by atoms with E-state index in [1.807, 2.05) is 31.2 Å². The van der Waals surface area contributed by atoms with E-state index < -0.39 is 6.10 Å². The summed E-state index contributed by atoms with van der Waals surface area (Å²) in [6.07, 6.45) is 0.378. The number of methoxy groups -OCH3 is 2. The van der Waals surface area contributed by atoms with E-state index in [1.165, 1.54) is 0 Å². The van der Waals surface area contributed by atoms with Crippen LogP contribution >= 0.6 is 24.0 Å². The van der Waals surface area contributed by atoms with Gasteiger partial charge in [-0.05, 0) is 38.1 Å². The zero-order valence-electron chi connectivity index (χ0n) is 16.9. The fourth-order valence-electron chi connectivity index (χ4n) is 2.41. The molecule has 0 aliphatic heterocycles. The largest absolute Gasteiger partial charge is 0.497 e. The molecule has 1 atom stereocenters. The molecule has 0 aliphatic carbocycles. The Balaban J connectivity index is 0.00000676. The molecule has 1 rings (SSSR count). The summed E-state index contributed by atoms with van der Waals surface area (Å²) in [5, 5.41) is 16.8. The predicted octanol–water partition coefficient (Wildman–Crippen LogP) is 1.87. The van der Waals surface area contributed by atoms with E-state index in [0.29, 0.717) is 12.5 Å². The molecule has 7 nitrogen and oxygen atoms in total. The number of hydrogen-bond donors (Lipinski definition) is 3. The van der Waals surface area contributed by atoms with Crippen molar-refractivity contribution < 1.29 is 14.6 Å². The van der Waals surface area contributed by atoms with Crippen LogP contribution in [-0.4, -0.2) is 76.6 Å². The van der Waals surface area contributed by atoms with Gasteiger partial charge in [-0.25, -0.2) is 0 Å². The van der Waals surface area contributed by atoms with E-state index in [2.05, 4.69) is 27.6 Å². The van der Waals surface area contributed by atoms with Gasteiger partial charge in [0.15, 0.2) is 5.96 Å². The number of aliphatic hydroxyl groups excluding tert-OH is 1. The highest BCUT2D eigenvalue weighted by Crippen LogP contribution is 2.17. The smallest absolute Gasteiger partial charge is 0.191 e. The Morgan fingerprint density at radius 2 is 1.89 bits per heavy atom. The van der Waals surface area contributed by atoms with Gasteiger partial charge in [-0.15, -0.1) is 24.0 Å². The average Bonchev–Trinajstić information content (AvgIpc) is 2.66. The number of aliphatic imine (C=N–C) groups is 1. The maximum Gasteiger partial charge on any atom is 0.191 e. The van der Waals surface area contributed by atoms with Gasteiger partial charge in [0.05, 0.1) is 19.8 Å². The molecule has 0 radical (unpaired) electrons. The van der Waals surface area contributed by atoms with Crippen molar-refractivity contribution in [2.45, 2.75) is 19.4 Å². The van der Waals surface area contributed by atoms with Gasteiger partial charge in [0.2, 0.25) is 0 Å². The van der Waals surface area contributed by atoms with Gasteiger partial charge >= 0.3 is 0 Å². The van der Waals surface area contributed by atoms with Crippen molar-refractivity contribution in [2.75, 3.05) is 60.6 Å². The van der Waals surface area contributed by atoms with Crippen LogP contribution in [0, 0.1) is 0 Å². The fourth-order valence-corrected chi connectivity index (χ4v) is 2.41. The lowest BCUT2D eigenvalue weighted by Crippen LogP contribution is -2.41. The number of hydrogen-bond acceptors (Lipinski definition) is 5. The molecule has 3 N–H and O–H groups in total. The van der Waals surface area contributed by atoms with Crippen molar-refractivity contribution in [2.24, 2.45) is 4.99 Å². The first-order valence-electron chi connectivity index (χ1n) is 9.12. The van der Waals surface area contributed by atoms with Crippen LogP contribution in [0.15, 0.2) is 29.3 Å². The van der Waals surface area contributed by atoms with Crippen LogP contribution in [0.4, 0.5) is 0 Å². The lowest BCUT2D eigenvalue weighted by molar-refractivity contribution is 0.180. The maximum absolute atomic E-state index is 10.3. The van der Waals surface area contributed by atoms with Gasteiger partial charge in [-0.2, -0.15) is 0 Å². The Hall–Kier alpha value is -1.10.